The number of hydrogen-bond donors (Lipinski definition) is 2. The van der Waals surface area contributed by atoms with Gasteiger partial charge in [-0.15, -0.1) is 0 Å². The van der Waals surface area contributed by atoms with Gasteiger partial charge in [0.05, 0.1) is 13.2 Å². The lowest BCUT2D eigenvalue weighted by atomic mass is 10.1. The highest BCUT2D eigenvalue weighted by Gasteiger charge is 2.19. The quantitative estimate of drug-likeness (QED) is 0.818. The van der Waals surface area contributed by atoms with Crippen LogP contribution in [0.2, 0.25) is 0 Å². The van der Waals surface area contributed by atoms with Crippen LogP contribution < -0.4 is 15.8 Å². The molecule has 1 aromatic carbocycles. The number of nitrogens with one attached hydrogen (secondary N) is 1. The molecule has 6 nitrogen and oxygen atoms in total. The number of para-hydroxylation sites is 1. The Bertz CT molecular complexity index is 652. The van der Waals surface area contributed by atoms with Gasteiger partial charge in [-0.2, -0.15) is 0 Å². The smallest absolute Gasteiger partial charge is 0.273 e. The Hall–Kier alpha value is -2.34. The van der Waals surface area contributed by atoms with Crippen LogP contribution in [0.15, 0.2) is 34.9 Å². The molecular formula is C17H23N3O3. The van der Waals surface area contributed by atoms with E-state index in [0.29, 0.717) is 18.9 Å². The van der Waals surface area contributed by atoms with Gasteiger partial charge in [0.25, 0.3) is 5.91 Å². The van der Waals surface area contributed by atoms with Crippen molar-refractivity contribution in [1.82, 2.24) is 10.3 Å². The molecule has 0 saturated heterocycles. The highest BCUT2D eigenvalue weighted by Crippen LogP contribution is 2.18. The van der Waals surface area contributed by atoms with Gasteiger partial charge in [-0.25, -0.2) is 4.98 Å². The van der Waals surface area contributed by atoms with Crippen molar-refractivity contribution in [3.8, 4) is 5.75 Å². The summed E-state index contributed by atoms with van der Waals surface area (Å²) in [5.41, 5.74) is 7.24. The summed E-state index contributed by atoms with van der Waals surface area (Å²) < 4.78 is 10.6. The molecule has 1 heterocycles. The van der Waals surface area contributed by atoms with Crippen LogP contribution in [0.5, 0.6) is 5.75 Å². The number of amides is 1. The maximum absolute atomic E-state index is 12.1. The van der Waals surface area contributed by atoms with Gasteiger partial charge in [0.15, 0.2) is 5.69 Å². The summed E-state index contributed by atoms with van der Waals surface area (Å²) in [7, 11) is 1.63. The number of oxazole rings is 1. The molecule has 0 saturated carbocycles. The van der Waals surface area contributed by atoms with E-state index in [1.54, 1.807) is 7.11 Å². The number of carbonyl (C=O) groups excluding carboxylic acids is 1. The minimum absolute atomic E-state index is 0.190. The van der Waals surface area contributed by atoms with Crippen molar-refractivity contribution in [1.29, 1.82) is 0 Å². The van der Waals surface area contributed by atoms with Gasteiger partial charge in [-0.1, -0.05) is 32.0 Å². The van der Waals surface area contributed by atoms with Crippen molar-refractivity contribution in [2.45, 2.75) is 26.3 Å². The monoisotopic (exact) mass is 317 g/mol. The van der Waals surface area contributed by atoms with Crippen LogP contribution >= 0.6 is 0 Å². The van der Waals surface area contributed by atoms with Crippen LogP contribution in [0.3, 0.4) is 0 Å². The fourth-order valence-electron chi connectivity index (χ4n) is 2.14. The zero-order chi connectivity index (χ0) is 16.8. The minimum atomic E-state index is -0.315. The van der Waals surface area contributed by atoms with Gasteiger partial charge in [-0.3, -0.25) is 4.79 Å². The highest BCUT2D eigenvalue weighted by molar-refractivity contribution is 5.91. The summed E-state index contributed by atoms with van der Waals surface area (Å²) in [6.07, 6.45) is 2.02. The number of aromatic nitrogens is 1. The second-order valence-corrected chi connectivity index (χ2v) is 5.66. The summed E-state index contributed by atoms with van der Waals surface area (Å²) >= 11 is 0. The van der Waals surface area contributed by atoms with Crippen LogP contribution in [0.1, 0.15) is 41.8 Å². The van der Waals surface area contributed by atoms with Gasteiger partial charge >= 0.3 is 0 Å². The molecule has 3 N–H and O–H groups in total. The SMILES string of the molecule is COc1ccccc1CCNC(=O)c1coc(C(N)C(C)C)n1. The Morgan fingerprint density at radius 3 is 2.83 bits per heavy atom. The molecule has 0 spiro atoms. The maximum Gasteiger partial charge on any atom is 0.273 e. The Kier molecular flexibility index (Phi) is 5.76. The standard InChI is InChI=1S/C17H23N3O3/c1-11(2)15(18)17-20-13(10-23-17)16(21)19-9-8-12-6-4-5-7-14(12)22-3/h4-7,10-11,15H,8-9,18H2,1-3H3,(H,19,21). The molecule has 2 aromatic rings. The van der Waals surface area contributed by atoms with E-state index in [-0.39, 0.29) is 23.6 Å². The van der Waals surface area contributed by atoms with Crippen molar-refractivity contribution in [2.24, 2.45) is 11.7 Å². The molecule has 0 aliphatic heterocycles. The number of carbonyl (C=O) groups is 1. The first-order chi connectivity index (χ1) is 11.0. The van der Waals surface area contributed by atoms with Crippen molar-refractivity contribution in [3.63, 3.8) is 0 Å². The number of nitrogens with two attached hydrogens (primary N) is 1. The van der Waals surface area contributed by atoms with Crippen LogP contribution in [0.4, 0.5) is 0 Å². The van der Waals surface area contributed by atoms with Gasteiger partial charge in [0.2, 0.25) is 5.89 Å². The topological polar surface area (TPSA) is 90.4 Å². The molecule has 2 rings (SSSR count). The first-order valence-electron chi connectivity index (χ1n) is 7.64. The number of methoxy groups -OCH3 is 1. The lowest BCUT2D eigenvalue weighted by Crippen LogP contribution is -2.26. The number of nitrogens with zero attached hydrogens (tertiary/aromatic N) is 1. The van der Waals surface area contributed by atoms with Crippen molar-refractivity contribution in [2.75, 3.05) is 13.7 Å². The lowest BCUT2D eigenvalue weighted by molar-refractivity contribution is 0.0949. The van der Waals surface area contributed by atoms with Gasteiger partial charge in [-0.05, 0) is 24.0 Å². The zero-order valence-electron chi connectivity index (χ0n) is 13.7. The molecule has 0 aliphatic carbocycles. The number of ether oxygens (including phenoxy) is 1. The summed E-state index contributed by atoms with van der Waals surface area (Å²) in [6, 6.07) is 7.41. The molecule has 0 aliphatic rings. The Morgan fingerprint density at radius 2 is 2.13 bits per heavy atom. The largest absolute Gasteiger partial charge is 0.496 e. The van der Waals surface area contributed by atoms with Crippen molar-refractivity contribution in [3.05, 3.63) is 47.7 Å². The summed E-state index contributed by atoms with van der Waals surface area (Å²) in [5, 5.41) is 2.82. The Balaban J connectivity index is 1.90. The normalized spacial score (nSPS) is 12.2. The second kappa shape index (κ2) is 7.78. The van der Waals surface area contributed by atoms with E-state index in [9.17, 15) is 4.79 Å². The van der Waals surface area contributed by atoms with E-state index in [1.807, 2.05) is 38.1 Å². The minimum Gasteiger partial charge on any atom is -0.496 e. The summed E-state index contributed by atoms with van der Waals surface area (Å²) in [6.45, 7) is 4.43. The lowest BCUT2D eigenvalue weighted by Gasteiger charge is -2.10. The van der Waals surface area contributed by atoms with Gasteiger partial charge < -0.3 is 20.2 Å². The molecule has 1 aromatic heterocycles. The average Bonchev–Trinajstić information content (AvgIpc) is 3.04. The van der Waals surface area contributed by atoms with Crippen LogP contribution in [-0.4, -0.2) is 24.5 Å². The zero-order valence-corrected chi connectivity index (χ0v) is 13.7. The number of benzene rings is 1. The third kappa shape index (κ3) is 4.32. The Labute approximate surface area is 136 Å². The maximum atomic E-state index is 12.1. The summed E-state index contributed by atoms with van der Waals surface area (Å²) in [4.78, 5) is 16.3. The third-order valence-corrected chi connectivity index (χ3v) is 3.63. The molecule has 23 heavy (non-hydrogen) atoms. The molecule has 124 valence electrons. The average molecular weight is 317 g/mol. The third-order valence-electron chi connectivity index (χ3n) is 3.63. The molecular weight excluding hydrogens is 294 g/mol. The fraction of sp³-hybridized carbons (Fsp3) is 0.412. The number of rotatable bonds is 7. The van der Waals surface area contributed by atoms with E-state index < -0.39 is 0 Å². The van der Waals surface area contributed by atoms with Crippen LogP contribution in [-0.2, 0) is 6.42 Å². The fourth-order valence-corrected chi connectivity index (χ4v) is 2.14. The molecule has 6 heteroatoms. The predicted molar refractivity (Wildman–Crippen MR) is 87.3 cm³/mol. The molecule has 0 bridgehead atoms. The van der Waals surface area contributed by atoms with E-state index in [0.717, 1.165) is 11.3 Å². The predicted octanol–water partition coefficient (Wildman–Crippen LogP) is 2.31. The van der Waals surface area contributed by atoms with E-state index >= 15 is 0 Å². The number of hydrogen-bond acceptors (Lipinski definition) is 5. The Morgan fingerprint density at radius 1 is 1.39 bits per heavy atom. The van der Waals surface area contributed by atoms with Crippen molar-refractivity contribution < 1.29 is 13.9 Å². The van der Waals surface area contributed by atoms with E-state index in [1.165, 1.54) is 6.26 Å². The van der Waals surface area contributed by atoms with Crippen LogP contribution in [0.25, 0.3) is 0 Å². The van der Waals surface area contributed by atoms with Crippen molar-refractivity contribution >= 4 is 5.91 Å². The second-order valence-electron chi connectivity index (χ2n) is 5.66. The van der Waals surface area contributed by atoms with E-state index in [2.05, 4.69) is 10.3 Å². The molecule has 1 atom stereocenters. The first-order valence-corrected chi connectivity index (χ1v) is 7.64. The molecule has 1 amide bonds. The van der Waals surface area contributed by atoms with Crippen LogP contribution in [0, 0.1) is 5.92 Å². The van der Waals surface area contributed by atoms with Gasteiger partial charge in [0.1, 0.15) is 12.0 Å². The molecule has 0 fully saturated rings. The van der Waals surface area contributed by atoms with Gasteiger partial charge in [0, 0.05) is 6.54 Å². The molecule has 1 unspecified atom stereocenters. The molecule has 0 radical (unpaired) electrons. The summed E-state index contributed by atoms with van der Waals surface area (Å²) in [5.74, 6) is 1.12. The first kappa shape index (κ1) is 17.0. The van der Waals surface area contributed by atoms with E-state index in [4.69, 9.17) is 14.9 Å². The highest BCUT2D eigenvalue weighted by atomic mass is 16.5.